The average Bonchev–Trinajstić information content (AvgIpc) is 2.59. The number of aromatic nitrogens is 1. The molecule has 15 heavy (non-hydrogen) atoms. The van der Waals surface area contributed by atoms with Crippen LogP contribution in [-0.2, 0) is 21.7 Å². The molecule has 1 atom stereocenters. The van der Waals surface area contributed by atoms with Crippen LogP contribution in [0.2, 0.25) is 5.15 Å². The molecule has 0 amide bonds. The van der Waals surface area contributed by atoms with Crippen molar-refractivity contribution in [1.29, 1.82) is 0 Å². The number of pyridine rings is 1. The smallest absolute Gasteiger partial charge is 0.129 e. The van der Waals surface area contributed by atoms with Crippen LogP contribution in [0.4, 0.5) is 0 Å². The van der Waals surface area contributed by atoms with Crippen molar-refractivity contribution in [3.05, 3.63) is 28.5 Å². The molecule has 3 rings (SSSR count). The lowest BCUT2D eigenvalue weighted by Gasteiger charge is -2.33. The fourth-order valence-electron chi connectivity index (χ4n) is 2.39. The number of rotatable bonds is 0. The predicted molar refractivity (Wildman–Crippen MR) is 55.8 cm³/mol. The number of fused-ring (bicyclic) bond motifs is 2. The van der Waals surface area contributed by atoms with Crippen LogP contribution in [0.15, 0.2) is 12.3 Å². The Balaban J connectivity index is 2.05. The largest absolute Gasteiger partial charge is 0.378 e. The fraction of sp³-hybridized carbons (Fsp3) is 0.545. The third-order valence-electron chi connectivity index (χ3n) is 3.15. The van der Waals surface area contributed by atoms with E-state index in [4.69, 9.17) is 21.1 Å². The fourth-order valence-corrected chi connectivity index (χ4v) is 2.54. The Labute approximate surface area is 93.4 Å². The lowest BCUT2D eigenvalue weighted by atomic mass is 9.88. The van der Waals surface area contributed by atoms with Gasteiger partial charge in [-0.05, 0) is 24.5 Å². The topological polar surface area (TPSA) is 31.4 Å². The van der Waals surface area contributed by atoms with Crippen LogP contribution in [0.25, 0.3) is 0 Å². The summed E-state index contributed by atoms with van der Waals surface area (Å²) in [6.45, 7) is 2.10. The van der Waals surface area contributed by atoms with Crippen molar-refractivity contribution in [2.45, 2.75) is 25.0 Å². The molecular formula is C11H12ClNO2. The van der Waals surface area contributed by atoms with E-state index in [1.807, 2.05) is 6.07 Å². The molecule has 0 aromatic carbocycles. The van der Waals surface area contributed by atoms with Crippen LogP contribution >= 0.6 is 11.6 Å². The first-order chi connectivity index (χ1) is 7.30. The first-order valence-electron chi connectivity index (χ1n) is 5.17. The van der Waals surface area contributed by atoms with E-state index in [1.165, 1.54) is 5.56 Å². The van der Waals surface area contributed by atoms with Gasteiger partial charge in [-0.2, -0.15) is 0 Å². The van der Waals surface area contributed by atoms with Gasteiger partial charge in [0.15, 0.2) is 0 Å². The number of hydrogen-bond donors (Lipinski definition) is 0. The molecule has 1 aromatic rings. The Morgan fingerprint density at radius 1 is 1.47 bits per heavy atom. The molecule has 0 bridgehead atoms. The van der Waals surface area contributed by atoms with Gasteiger partial charge in [0, 0.05) is 18.4 Å². The third-order valence-corrected chi connectivity index (χ3v) is 3.36. The van der Waals surface area contributed by atoms with Crippen molar-refractivity contribution in [2.75, 3.05) is 13.2 Å². The summed E-state index contributed by atoms with van der Waals surface area (Å²) < 4.78 is 11.4. The van der Waals surface area contributed by atoms with Crippen LogP contribution in [-0.4, -0.2) is 18.2 Å². The SMILES string of the molecule is Clc1cc2c(cn1)COC21CCCOC1. The van der Waals surface area contributed by atoms with Crippen LogP contribution in [0.1, 0.15) is 24.0 Å². The highest BCUT2D eigenvalue weighted by Crippen LogP contribution is 2.42. The molecule has 4 heteroatoms. The lowest BCUT2D eigenvalue weighted by molar-refractivity contribution is -0.126. The normalized spacial score (nSPS) is 29.4. The second kappa shape index (κ2) is 3.44. The third kappa shape index (κ3) is 1.46. The molecule has 1 spiro atoms. The standard InChI is InChI=1S/C11H12ClNO2/c12-10-4-9-8(5-13-10)6-15-11(9)2-1-3-14-7-11/h4-5H,1-3,6-7H2. The maximum absolute atomic E-state index is 5.92. The zero-order valence-corrected chi connectivity index (χ0v) is 9.09. The molecule has 1 unspecified atom stereocenters. The van der Waals surface area contributed by atoms with Crippen molar-refractivity contribution in [1.82, 2.24) is 4.98 Å². The molecule has 3 heterocycles. The maximum atomic E-state index is 5.92. The van der Waals surface area contributed by atoms with Crippen LogP contribution in [0.3, 0.4) is 0 Å². The van der Waals surface area contributed by atoms with E-state index < -0.39 is 0 Å². The summed E-state index contributed by atoms with van der Waals surface area (Å²) in [6.07, 6.45) is 3.86. The van der Waals surface area contributed by atoms with Gasteiger partial charge >= 0.3 is 0 Å². The Hall–Kier alpha value is -0.640. The Bertz CT molecular complexity index is 383. The van der Waals surface area contributed by atoms with Gasteiger partial charge in [-0.25, -0.2) is 4.98 Å². The Kier molecular flexibility index (Phi) is 2.20. The predicted octanol–water partition coefficient (Wildman–Crippen LogP) is 2.27. The minimum absolute atomic E-state index is 0.250. The minimum Gasteiger partial charge on any atom is -0.378 e. The van der Waals surface area contributed by atoms with Crippen molar-refractivity contribution in [2.24, 2.45) is 0 Å². The van der Waals surface area contributed by atoms with Gasteiger partial charge in [-0.1, -0.05) is 11.6 Å². The van der Waals surface area contributed by atoms with Crippen LogP contribution in [0.5, 0.6) is 0 Å². The van der Waals surface area contributed by atoms with E-state index in [0.717, 1.165) is 25.0 Å². The van der Waals surface area contributed by atoms with E-state index in [1.54, 1.807) is 6.20 Å². The molecule has 1 fully saturated rings. The molecule has 0 aliphatic carbocycles. The van der Waals surface area contributed by atoms with Gasteiger partial charge in [0.25, 0.3) is 0 Å². The molecule has 2 aliphatic rings. The molecule has 0 radical (unpaired) electrons. The number of hydrogen-bond acceptors (Lipinski definition) is 3. The van der Waals surface area contributed by atoms with Gasteiger partial charge in [-0.15, -0.1) is 0 Å². The van der Waals surface area contributed by atoms with Gasteiger partial charge in [0.1, 0.15) is 10.8 Å². The summed E-state index contributed by atoms with van der Waals surface area (Å²) >= 11 is 5.92. The summed E-state index contributed by atoms with van der Waals surface area (Å²) in [5, 5.41) is 0.532. The molecule has 3 nitrogen and oxygen atoms in total. The monoisotopic (exact) mass is 225 g/mol. The van der Waals surface area contributed by atoms with Crippen LogP contribution in [0, 0.1) is 0 Å². The van der Waals surface area contributed by atoms with Crippen LogP contribution < -0.4 is 0 Å². The maximum Gasteiger partial charge on any atom is 0.129 e. The molecule has 0 N–H and O–H groups in total. The summed E-state index contributed by atoms with van der Waals surface area (Å²) in [5.41, 5.74) is 2.06. The summed E-state index contributed by atoms with van der Waals surface area (Å²) in [4.78, 5) is 4.07. The highest BCUT2D eigenvalue weighted by atomic mass is 35.5. The number of ether oxygens (including phenoxy) is 2. The van der Waals surface area contributed by atoms with Gasteiger partial charge < -0.3 is 9.47 Å². The van der Waals surface area contributed by atoms with Crippen molar-refractivity contribution in [3.8, 4) is 0 Å². The number of nitrogens with zero attached hydrogens (tertiary/aromatic N) is 1. The lowest BCUT2D eigenvalue weighted by Crippen LogP contribution is -2.35. The van der Waals surface area contributed by atoms with E-state index in [9.17, 15) is 0 Å². The Morgan fingerprint density at radius 2 is 2.40 bits per heavy atom. The zero-order chi connectivity index (χ0) is 10.3. The molecule has 0 saturated carbocycles. The highest BCUT2D eigenvalue weighted by molar-refractivity contribution is 6.29. The van der Waals surface area contributed by atoms with Gasteiger partial charge in [-0.3, -0.25) is 0 Å². The second-order valence-corrected chi connectivity index (χ2v) is 4.49. The minimum atomic E-state index is -0.250. The molecule has 1 aromatic heterocycles. The van der Waals surface area contributed by atoms with E-state index in [0.29, 0.717) is 18.4 Å². The molecule has 80 valence electrons. The van der Waals surface area contributed by atoms with Crippen molar-refractivity contribution >= 4 is 11.6 Å². The van der Waals surface area contributed by atoms with Gasteiger partial charge in [0.2, 0.25) is 0 Å². The van der Waals surface area contributed by atoms with E-state index >= 15 is 0 Å². The quantitative estimate of drug-likeness (QED) is 0.635. The van der Waals surface area contributed by atoms with Crippen molar-refractivity contribution < 1.29 is 9.47 Å². The highest BCUT2D eigenvalue weighted by Gasteiger charge is 2.42. The van der Waals surface area contributed by atoms with E-state index in [2.05, 4.69) is 4.98 Å². The molecule has 2 aliphatic heterocycles. The Morgan fingerprint density at radius 3 is 3.20 bits per heavy atom. The molecular weight excluding hydrogens is 214 g/mol. The summed E-state index contributed by atoms with van der Waals surface area (Å²) in [5.74, 6) is 0. The van der Waals surface area contributed by atoms with Gasteiger partial charge in [0.05, 0.1) is 13.2 Å². The van der Waals surface area contributed by atoms with Crippen molar-refractivity contribution in [3.63, 3.8) is 0 Å². The average molecular weight is 226 g/mol. The summed E-state index contributed by atoms with van der Waals surface area (Å²) in [6, 6.07) is 1.92. The second-order valence-electron chi connectivity index (χ2n) is 4.10. The van der Waals surface area contributed by atoms with E-state index in [-0.39, 0.29) is 5.60 Å². The molecule has 1 saturated heterocycles. The first-order valence-corrected chi connectivity index (χ1v) is 5.55. The number of halogens is 1. The first kappa shape index (κ1) is 9.58. The zero-order valence-electron chi connectivity index (χ0n) is 8.33. The summed E-state index contributed by atoms with van der Waals surface area (Å²) in [7, 11) is 0.